The van der Waals surface area contributed by atoms with Crippen molar-refractivity contribution in [1.29, 1.82) is 0 Å². The van der Waals surface area contributed by atoms with Gasteiger partial charge >= 0.3 is 0 Å². The number of nitrogens with two attached hydrogens (primary N) is 1. The highest BCUT2D eigenvalue weighted by Gasteiger charge is 2.31. The van der Waals surface area contributed by atoms with Gasteiger partial charge in [0, 0.05) is 6.54 Å². The maximum atomic E-state index is 12.1. The summed E-state index contributed by atoms with van der Waals surface area (Å²) in [5.41, 5.74) is 8.77. The Morgan fingerprint density at radius 2 is 1.97 bits per heavy atom. The summed E-state index contributed by atoms with van der Waals surface area (Å²) < 4.78 is 24.1. The van der Waals surface area contributed by atoms with E-state index in [0.29, 0.717) is 23.7 Å². The van der Waals surface area contributed by atoms with Gasteiger partial charge in [-0.3, -0.25) is 9.78 Å². The molecule has 7 nitrogen and oxygen atoms in total. The number of benzene rings is 1. The molecule has 1 aliphatic heterocycles. The van der Waals surface area contributed by atoms with E-state index in [2.05, 4.69) is 19.2 Å². The minimum Gasteiger partial charge on any atom is -0.395 e. The lowest BCUT2D eigenvalue weighted by molar-refractivity contribution is 0.0998. The van der Waals surface area contributed by atoms with Crippen LogP contribution in [0.15, 0.2) is 35.2 Å². The molecule has 0 spiro atoms. The molecule has 1 aliphatic rings. The van der Waals surface area contributed by atoms with E-state index in [9.17, 15) is 18.3 Å². The number of aliphatic hydroxyl groups excluding tert-OH is 1. The second-order valence-electron chi connectivity index (χ2n) is 7.64. The first-order valence-corrected chi connectivity index (χ1v) is 11.3. The van der Waals surface area contributed by atoms with Crippen LogP contribution in [-0.4, -0.2) is 36.8 Å². The molecule has 0 saturated carbocycles. The Balaban J connectivity index is 2.09. The fraction of sp³-hybridized carbons (Fsp3) is 0.429. The highest BCUT2D eigenvalue weighted by Crippen LogP contribution is 2.34. The van der Waals surface area contributed by atoms with Gasteiger partial charge in [-0.15, -0.1) is 0 Å². The molecule has 1 aromatic carbocycles. The maximum Gasteiger partial charge on any atom is 0.250 e. The Kier molecular flexibility index (Phi) is 6.07. The van der Waals surface area contributed by atoms with Crippen LogP contribution in [0.25, 0.3) is 0 Å². The average Bonchev–Trinajstić information content (AvgIpc) is 3.11. The summed E-state index contributed by atoms with van der Waals surface area (Å²) in [5, 5.41) is 13.5. The van der Waals surface area contributed by atoms with E-state index in [1.807, 2.05) is 0 Å². The normalized spacial score (nSPS) is 17.3. The predicted octanol–water partition coefficient (Wildman–Crippen LogP) is 1.90. The van der Waals surface area contributed by atoms with E-state index in [1.54, 1.807) is 25.1 Å². The highest BCUT2D eigenvalue weighted by molar-refractivity contribution is 7.91. The number of aliphatic hydroxyl groups is 1. The molecule has 1 unspecified atom stereocenters. The number of fused-ring (bicyclic) bond motifs is 1. The zero-order chi connectivity index (χ0) is 21.3. The third kappa shape index (κ3) is 4.05. The fourth-order valence-electron chi connectivity index (χ4n) is 3.75. The number of primary amides is 1. The number of aromatic nitrogens is 1. The smallest absolute Gasteiger partial charge is 0.250 e. The number of nitrogens with one attached hydrogen (secondary N) is 1. The molecule has 1 aromatic heterocycles. The molecule has 156 valence electrons. The summed E-state index contributed by atoms with van der Waals surface area (Å²) in [6, 6.07) is 8.16. The molecule has 3 rings (SSSR count). The number of carbonyl (C=O) groups is 1. The zero-order valence-corrected chi connectivity index (χ0v) is 17.7. The third-order valence-electron chi connectivity index (χ3n) is 5.44. The van der Waals surface area contributed by atoms with Crippen LogP contribution >= 0.6 is 0 Å². The topological polar surface area (TPSA) is 122 Å². The Morgan fingerprint density at radius 1 is 1.31 bits per heavy atom. The number of hydrogen-bond donors (Lipinski definition) is 3. The number of sulfone groups is 1. The van der Waals surface area contributed by atoms with Crippen molar-refractivity contribution in [2.45, 2.75) is 44.2 Å². The summed E-state index contributed by atoms with van der Waals surface area (Å²) in [7, 11) is -3.32. The van der Waals surface area contributed by atoms with E-state index in [-0.39, 0.29) is 28.9 Å². The number of pyridine rings is 1. The van der Waals surface area contributed by atoms with Gasteiger partial charge in [0.05, 0.1) is 46.2 Å². The van der Waals surface area contributed by atoms with Crippen LogP contribution in [-0.2, 0) is 16.4 Å². The minimum absolute atomic E-state index is 0.0115. The molecule has 1 amide bonds. The van der Waals surface area contributed by atoms with E-state index in [1.165, 1.54) is 12.1 Å². The van der Waals surface area contributed by atoms with Crippen molar-refractivity contribution < 1.29 is 18.3 Å². The van der Waals surface area contributed by atoms with Gasteiger partial charge in [0.2, 0.25) is 0 Å². The summed E-state index contributed by atoms with van der Waals surface area (Å²) in [6.07, 6.45) is 0. The lowest BCUT2D eigenvalue weighted by atomic mass is 9.90. The molecule has 4 N–H and O–H groups in total. The van der Waals surface area contributed by atoms with Crippen molar-refractivity contribution in [2.24, 2.45) is 11.7 Å². The molecule has 29 heavy (non-hydrogen) atoms. The second-order valence-corrected chi connectivity index (χ2v) is 9.92. The SMILES string of the molecule is CCS(=O)(=O)c1ccc([C@@H](CO)c2nc3c(cc2C(N)=O)CNC3C(C)C)cc1. The van der Waals surface area contributed by atoms with Crippen LogP contribution in [0.3, 0.4) is 0 Å². The van der Waals surface area contributed by atoms with Crippen molar-refractivity contribution in [1.82, 2.24) is 10.3 Å². The molecule has 0 fully saturated rings. The molecule has 2 aromatic rings. The Morgan fingerprint density at radius 3 is 2.48 bits per heavy atom. The molecule has 0 radical (unpaired) electrons. The van der Waals surface area contributed by atoms with Crippen molar-refractivity contribution in [3.63, 3.8) is 0 Å². The molecule has 8 heteroatoms. The van der Waals surface area contributed by atoms with Crippen LogP contribution in [0.2, 0.25) is 0 Å². The maximum absolute atomic E-state index is 12.1. The van der Waals surface area contributed by atoms with Crippen LogP contribution in [0.5, 0.6) is 0 Å². The minimum atomic E-state index is -3.32. The van der Waals surface area contributed by atoms with Gasteiger partial charge < -0.3 is 16.2 Å². The largest absolute Gasteiger partial charge is 0.395 e. The first-order chi connectivity index (χ1) is 13.7. The summed E-state index contributed by atoms with van der Waals surface area (Å²) >= 11 is 0. The van der Waals surface area contributed by atoms with E-state index in [0.717, 1.165) is 11.3 Å². The van der Waals surface area contributed by atoms with Crippen molar-refractivity contribution in [2.75, 3.05) is 12.4 Å². The highest BCUT2D eigenvalue weighted by atomic mass is 32.2. The average molecular weight is 418 g/mol. The van der Waals surface area contributed by atoms with Gasteiger partial charge in [-0.25, -0.2) is 8.42 Å². The van der Waals surface area contributed by atoms with E-state index >= 15 is 0 Å². The van der Waals surface area contributed by atoms with Gasteiger partial charge in [-0.05, 0) is 35.2 Å². The first-order valence-electron chi connectivity index (χ1n) is 9.70. The Bertz CT molecular complexity index is 1020. The number of hydrogen-bond acceptors (Lipinski definition) is 6. The zero-order valence-electron chi connectivity index (χ0n) is 16.8. The van der Waals surface area contributed by atoms with Crippen molar-refractivity contribution in [3.8, 4) is 0 Å². The molecule has 0 bridgehead atoms. The quantitative estimate of drug-likeness (QED) is 0.632. The first kappa shape index (κ1) is 21.4. The molecule has 2 atom stereocenters. The summed E-state index contributed by atoms with van der Waals surface area (Å²) in [4.78, 5) is 17.1. The van der Waals surface area contributed by atoms with Gasteiger partial charge in [-0.1, -0.05) is 32.9 Å². The second kappa shape index (κ2) is 8.22. The third-order valence-corrected chi connectivity index (χ3v) is 7.19. The molecular formula is C21H27N3O4S. The molecule has 2 heterocycles. The predicted molar refractivity (Wildman–Crippen MR) is 110 cm³/mol. The molecule has 0 aliphatic carbocycles. The number of nitrogens with zero attached hydrogens (tertiary/aromatic N) is 1. The fourth-order valence-corrected chi connectivity index (χ4v) is 4.63. The van der Waals surface area contributed by atoms with E-state index < -0.39 is 21.7 Å². The van der Waals surface area contributed by atoms with Gasteiger partial charge in [-0.2, -0.15) is 0 Å². The Labute approximate surface area is 171 Å². The van der Waals surface area contributed by atoms with Crippen LogP contribution < -0.4 is 11.1 Å². The lowest BCUT2D eigenvalue weighted by Gasteiger charge is -2.21. The number of amides is 1. The Hall–Kier alpha value is -2.29. The van der Waals surface area contributed by atoms with Crippen LogP contribution in [0.1, 0.15) is 65.6 Å². The van der Waals surface area contributed by atoms with Crippen molar-refractivity contribution in [3.05, 3.63) is 58.4 Å². The van der Waals surface area contributed by atoms with Crippen LogP contribution in [0, 0.1) is 5.92 Å². The van der Waals surface area contributed by atoms with Gasteiger partial charge in [0.15, 0.2) is 9.84 Å². The summed E-state index contributed by atoms with van der Waals surface area (Å²) in [6.45, 7) is 6.09. The van der Waals surface area contributed by atoms with E-state index in [4.69, 9.17) is 10.7 Å². The van der Waals surface area contributed by atoms with Gasteiger partial charge in [0.1, 0.15) is 0 Å². The standard InChI is InChI=1S/C21H27N3O4S/c1-4-29(27,28)15-7-5-13(6-8-15)17(11-25)20-16(21(22)26)9-14-10-23-18(12(2)3)19(14)24-20/h5-9,12,17-18,23,25H,4,10-11H2,1-3H3,(H2,22,26)/t17-,18?/m1/s1. The lowest BCUT2D eigenvalue weighted by Crippen LogP contribution is -2.22. The van der Waals surface area contributed by atoms with Gasteiger partial charge in [0.25, 0.3) is 5.91 Å². The monoisotopic (exact) mass is 417 g/mol. The van der Waals surface area contributed by atoms with Crippen molar-refractivity contribution >= 4 is 15.7 Å². The molecule has 0 saturated heterocycles. The van der Waals surface area contributed by atoms with Crippen LogP contribution in [0.4, 0.5) is 0 Å². The number of rotatable bonds is 7. The molecular weight excluding hydrogens is 390 g/mol. The summed E-state index contributed by atoms with van der Waals surface area (Å²) in [5.74, 6) is -0.874. The number of carbonyl (C=O) groups excluding carboxylic acids is 1.